The number of guanidine groups is 1. The molecular formula is C24H30FN5O4. The highest BCUT2D eigenvalue weighted by Crippen LogP contribution is 2.11. The van der Waals surface area contributed by atoms with E-state index in [1.807, 2.05) is 35.6 Å². The zero-order valence-electron chi connectivity index (χ0n) is 18.8. The van der Waals surface area contributed by atoms with Crippen LogP contribution in [0.4, 0.5) is 4.39 Å². The summed E-state index contributed by atoms with van der Waals surface area (Å²) in [5, 5.41) is 2.00. The van der Waals surface area contributed by atoms with Gasteiger partial charge in [-0.3, -0.25) is 14.6 Å². The molecule has 0 aromatic heterocycles. The first-order chi connectivity index (χ1) is 16.3. The van der Waals surface area contributed by atoms with Crippen LogP contribution in [-0.4, -0.2) is 42.5 Å². The molecule has 0 saturated carbocycles. The third-order valence-electron chi connectivity index (χ3n) is 4.85. The number of alkyl halides is 1. The summed E-state index contributed by atoms with van der Waals surface area (Å²) >= 11 is 0. The molecule has 0 spiro atoms. The molecule has 10 heteroatoms. The lowest BCUT2D eigenvalue weighted by molar-refractivity contribution is -0.132. The SMILES string of the molecule is NC(N)=NCCCCC(=O)C(F)NC(=O)[C@@H](N)Cc1cccc(C(=O)OCc2ccccc2)c1. The molecule has 34 heavy (non-hydrogen) atoms. The first-order valence-corrected chi connectivity index (χ1v) is 10.8. The van der Waals surface area contributed by atoms with Gasteiger partial charge in [0.05, 0.1) is 11.6 Å². The number of hydrogen-bond acceptors (Lipinski definition) is 6. The largest absolute Gasteiger partial charge is 0.457 e. The van der Waals surface area contributed by atoms with Gasteiger partial charge >= 0.3 is 5.97 Å². The number of carbonyl (C=O) groups excluding carboxylic acids is 3. The molecule has 0 heterocycles. The van der Waals surface area contributed by atoms with Crippen LogP contribution in [0.25, 0.3) is 0 Å². The number of unbranched alkanes of at least 4 members (excludes halogenated alkanes) is 1. The normalized spacial score (nSPS) is 12.3. The van der Waals surface area contributed by atoms with E-state index >= 15 is 0 Å². The van der Waals surface area contributed by atoms with E-state index in [1.165, 1.54) is 0 Å². The van der Waals surface area contributed by atoms with Crippen molar-refractivity contribution in [2.45, 2.75) is 44.6 Å². The number of carbonyl (C=O) groups is 3. The highest BCUT2D eigenvalue weighted by Gasteiger charge is 2.23. The van der Waals surface area contributed by atoms with E-state index in [-0.39, 0.29) is 25.4 Å². The highest BCUT2D eigenvalue weighted by atomic mass is 19.1. The quantitative estimate of drug-likeness (QED) is 0.113. The number of nitrogens with two attached hydrogens (primary N) is 3. The van der Waals surface area contributed by atoms with Crippen molar-refractivity contribution in [2.75, 3.05) is 6.54 Å². The van der Waals surface area contributed by atoms with Gasteiger partial charge in [0.15, 0.2) is 11.7 Å². The number of hydrogen-bond donors (Lipinski definition) is 4. The average Bonchev–Trinajstić information content (AvgIpc) is 2.82. The Morgan fingerprint density at radius 3 is 2.41 bits per heavy atom. The molecular weight excluding hydrogens is 441 g/mol. The minimum absolute atomic E-state index is 0.0467. The fourth-order valence-electron chi connectivity index (χ4n) is 3.04. The number of ether oxygens (including phenoxy) is 1. The Bertz CT molecular complexity index is 996. The van der Waals surface area contributed by atoms with Crippen molar-refractivity contribution >= 4 is 23.6 Å². The number of esters is 1. The second-order valence-electron chi connectivity index (χ2n) is 7.67. The maximum absolute atomic E-state index is 14.1. The predicted octanol–water partition coefficient (Wildman–Crippen LogP) is 1.34. The Balaban J connectivity index is 1.81. The van der Waals surface area contributed by atoms with E-state index < -0.39 is 30.0 Å². The molecule has 0 aliphatic carbocycles. The monoisotopic (exact) mass is 471 g/mol. The van der Waals surface area contributed by atoms with Gasteiger partial charge in [-0.25, -0.2) is 9.18 Å². The lowest BCUT2D eigenvalue weighted by Gasteiger charge is -2.15. The summed E-state index contributed by atoms with van der Waals surface area (Å²) in [6.45, 7) is 0.467. The van der Waals surface area contributed by atoms with Gasteiger partial charge < -0.3 is 27.3 Å². The molecule has 9 nitrogen and oxygen atoms in total. The number of aliphatic imine (C=N–C) groups is 1. The lowest BCUT2D eigenvalue weighted by Crippen LogP contribution is -2.47. The zero-order chi connectivity index (χ0) is 24.9. The molecule has 0 fully saturated rings. The molecule has 0 bridgehead atoms. The van der Waals surface area contributed by atoms with E-state index in [0.717, 1.165) is 5.56 Å². The first kappa shape index (κ1) is 26.5. The predicted molar refractivity (Wildman–Crippen MR) is 126 cm³/mol. The van der Waals surface area contributed by atoms with Crippen LogP contribution < -0.4 is 22.5 Å². The maximum atomic E-state index is 14.1. The Hall–Kier alpha value is -3.79. The van der Waals surface area contributed by atoms with Crippen LogP contribution in [0.15, 0.2) is 59.6 Å². The topological polar surface area (TPSA) is 163 Å². The summed E-state index contributed by atoms with van der Waals surface area (Å²) in [4.78, 5) is 40.2. The molecule has 1 amide bonds. The van der Waals surface area contributed by atoms with Crippen LogP contribution in [-0.2, 0) is 27.4 Å². The van der Waals surface area contributed by atoms with Crippen LogP contribution >= 0.6 is 0 Å². The van der Waals surface area contributed by atoms with E-state index in [0.29, 0.717) is 30.5 Å². The summed E-state index contributed by atoms with van der Waals surface area (Å²) in [5.74, 6) is -2.13. The molecule has 0 aliphatic heterocycles. The number of nitrogens with one attached hydrogen (secondary N) is 1. The Morgan fingerprint density at radius 1 is 1.00 bits per heavy atom. The minimum atomic E-state index is -2.15. The summed E-state index contributed by atoms with van der Waals surface area (Å²) in [6, 6.07) is 14.6. The van der Waals surface area contributed by atoms with Gasteiger partial charge in [-0.05, 0) is 42.5 Å². The molecule has 182 valence electrons. The third-order valence-corrected chi connectivity index (χ3v) is 4.85. The highest BCUT2D eigenvalue weighted by molar-refractivity contribution is 5.90. The van der Waals surface area contributed by atoms with Crippen LogP contribution in [0.3, 0.4) is 0 Å². The number of Topliss-reactive ketones (excluding diaryl/α,β-unsaturated/α-hetero) is 1. The minimum Gasteiger partial charge on any atom is -0.457 e. The van der Waals surface area contributed by atoms with Crippen LogP contribution in [0, 0.1) is 0 Å². The Labute approximate surface area is 197 Å². The van der Waals surface area contributed by atoms with Gasteiger partial charge in [-0.2, -0.15) is 0 Å². The van der Waals surface area contributed by atoms with Crippen LogP contribution in [0.5, 0.6) is 0 Å². The van der Waals surface area contributed by atoms with Crippen molar-refractivity contribution in [3.63, 3.8) is 0 Å². The molecule has 2 rings (SSSR count). The van der Waals surface area contributed by atoms with Crippen molar-refractivity contribution in [1.82, 2.24) is 5.32 Å². The number of benzene rings is 2. The molecule has 7 N–H and O–H groups in total. The number of ketones is 1. The fourth-order valence-corrected chi connectivity index (χ4v) is 3.04. The van der Waals surface area contributed by atoms with Crippen molar-refractivity contribution in [2.24, 2.45) is 22.2 Å². The van der Waals surface area contributed by atoms with Crippen LogP contribution in [0.1, 0.15) is 40.7 Å². The van der Waals surface area contributed by atoms with E-state index in [2.05, 4.69) is 4.99 Å². The van der Waals surface area contributed by atoms with E-state index in [1.54, 1.807) is 24.3 Å². The van der Waals surface area contributed by atoms with Gasteiger partial charge in [0.2, 0.25) is 12.2 Å². The van der Waals surface area contributed by atoms with Crippen molar-refractivity contribution in [3.05, 3.63) is 71.3 Å². The van der Waals surface area contributed by atoms with Crippen LogP contribution in [0.2, 0.25) is 0 Å². The molecule has 2 aromatic rings. The smallest absolute Gasteiger partial charge is 0.338 e. The lowest BCUT2D eigenvalue weighted by atomic mass is 10.0. The Morgan fingerprint density at radius 2 is 1.71 bits per heavy atom. The first-order valence-electron chi connectivity index (χ1n) is 10.8. The maximum Gasteiger partial charge on any atom is 0.338 e. The molecule has 1 unspecified atom stereocenters. The standard InChI is InChI=1S/C24H30FN5O4/c25-21(20(31)11-4-5-12-29-24(27)28)30-22(32)19(26)14-17-9-6-10-18(13-17)23(33)34-15-16-7-2-1-3-8-16/h1-3,6-10,13,19,21H,4-5,11-12,14-15,26H2,(H,30,32)(H4,27,28,29)/t19-,21?/m0/s1. The second kappa shape index (κ2) is 13.7. The molecule has 0 aliphatic rings. The molecule has 0 radical (unpaired) electrons. The van der Waals surface area contributed by atoms with Gasteiger partial charge in [-0.15, -0.1) is 0 Å². The fraction of sp³-hybridized carbons (Fsp3) is 0.333. The molecule has 2 aromatic carbocycles. The van der Waals surface area contributed by atoms with Crippen molar-refractivity contribution in [3.8, 4) is 0 Å². The van der Waals surface area contributed by atoms with Crippen molar-refractivity contribution in [1.29, 1.82) is 0 Å². The number of nitrogens with zero attached hydrogens (tertiary/aromatic N) is 1. The summed E-state index contributed by atoms with van der Waals surface area (Å²) in [7, 11) is 0. The summed E-state index contributed by atoms with van der Waals surface area (Å²) in [6.07, 6.45) is -1.28. The number of rotatable bonds is 13. The molecule has 2 atom stereocenters. The summed E-state index contributed by atoms with van der Waals surface area (Å²) in [5.41, 5.74) is 18.0. The van der Waals surface area contributed by atoms with Gasteiger partial charge in [0.25, 0.3) is 0 Å². The Kier molecular flexibility index (Phi) is 10.7. The van der Waals surface area contributed by atoms with Gasteiger partial charge in [0.1, 0.15) is 6.61 Å². The third kappa shape index (κ3) is 9.37. The number of amides is 1. The second-order valence-corrected chi connectivity index (χ2v) is 7.67. The average molecular weight is 472 g/mol. The zero-order valence-corrected chi connectivity index (χ0v) is 18.8. The van der Waals surface area contributed by atoms with Gasteiger partial charge in [-0.1, -0.05) is 42.5 Å². The summed E-state index contributed by atoms with van der Waals surface area (Å²) < 4.78 is 19.4. The van der Waals surface area contributed by atoms with E-state index in [9.17, 15) is 18.8 Å². The van der Waals surface area contributed by atoms with E-state index in [4.69, 9.17) is 21.9 Å². The van der Waals surface area contributed by atoms with Crippen molar-refractivity contribution < 1.29 is 23.5 Å². The van der Waals surface area contributed by atoms with Gasteiger partial charge in [0, 0.05) is 13.0 Å². The molecule has 0 saturated heterocycles. The number of halogens is 1.